The largest absolute Gasteiger partial charge is 0.480 e. The van der Waals surface area contributed by atoms with Crippen LogP contribution >= 0.6 is 23.2 Å². The molecule has 1 unspecified atom stereocenters. The van der Waals surface area contributed by atoms with Gasteiger partial charge in [0.15, 0.2) is 0 Å². The van der Waals surface area contributed by atoms with Gasteiger partial charge in [-0.3, -0.25) is 4.90 Å². The summed E-state index contributed by atoms with van der Waals surface area (Å²) in [6.45, 7) is 6.48. The van der Waals surface area contributed by atoms with Crippen LogP contribution in [0.5, 0.6) is 0 Å². The van der Waals surface area contributed by atoms with Gasteiger partial charge in [0.2, 0.25) is 0 Å². The first-order valence-corrected chi connectivity index (χ1v) is 10.6. The minimum Gasteiger partial charge on any atom is -0.480 e. The lowest BCUT2D eigenvalue weighted by molar-refractivity contribution is -0.143. The standard InChI is InChI=1S/C21H27Cl2N3O4/c1-4-26(19(20(27)28)7-14(2)3)21(29)30-6-5-18-11-24-13-25(18)12-15-8-16(22)10-17(23)9-15/h8-11,13-14,19H,4-7,12H2,1-3H3,(H,27,28). The van der Waals surface area contributed by atoms with Crippen molar-refractivity contribution >= 4 is 35.3 Å². The Kier molecular flexibility index (Phi) is 8.99. The lowest BCUT2D eigenvalue weighted by Crippen LogP contribution is -2.46. The highest BCUT2D eigenvalue weighted by Gasteiger charge is 2.30. The number of hydrogen-bond acceptors (Lipinski definition) is 4. The van der Waals surface area contributed by atoms with Gasteiger partial charge in [0.05, 0.1) is 12.9 Å². The second-order valence-corrected chi connectivity index (χ2v) is 8.30. The third kappa shape index (κ3) is 6.92. The van der Waals surface area contributed by atoms with Crippen LogP contribution in [0.3, 0.4) is 0 Å². The molecule has 1 aromatic heterocycles. The van der Waals surface area contributed by atoms with Gasteiger partial charge in [0.25, 0.3) is 0 Å². The number of nitrogens with zero attached hydrogens (tertiary/aromatic N) is 3. The smallest absolute Gasteiger partial charge is 0.410 e. The highest BCUT2D eigenvalue weighted by atomic mass is 35.5. The minimum atomic E-state index is -1.03. The Morgan fingerprint density at radius 2 is 1.90 bits per heavy atom. The normalized spacial score (nSPS) is 12.1. The highest BCUT2D eigenvalue weighted by molar-refractivity contribution is 6.34. The predicted octanol–water partition coefficient (Wildman–Crippen LogP) is 4.74. The monoisotopic (exact) mass is 455 g/mol. The SMILES string of the molecule is CCN(C(=O)OCCc1cncn1Cc1cc(Cl)cc(Cl)c1)C(CC(C)C)C(=O)O. The number of rotatable bonds is 10. The molecular formula is C21H27Cl2N3O4. The van der Waals surface area contributed by atoms with Crippen LogP contribution in [0.25, 0.3) is 0 Å². The molecule has 0 aliphatic carbocycles. The van der Waals surface area contributed by atoms with E-state index >= 15 is 0 Å². The van der Waals surface area contributed by atoms with Crippen molar-refractivity contribution in [2.24, 2.45) is 5.92 Å². The molecule has 1 heterocycles. The molecule has 0 bridgehead atoms. The summed E-state index contributed by atoms with van der Waals surface area (Å²) >= 11 is 12.1. The van der Waals surface area contributed by atoms with Crippen LogP contribution in [0.4, 0.5) is 4.79 Å². The second-order valence-electron chi connectivity index (χ2n) is 7.42. The van der Waals surface area contributed by atoms with Gasteiger partial charge in [-0.2, -0.15) is 0 Å². The van der Waals surface area contributed by atoms with Gasteiger partial charge in [-0.05, 0) is 43.0 Å². The molecule has 0 aliphatic rings. The molecule has 30 heavy (non-hydrogen) atoms. The summed E-state index contributed by atoms with van der Waals surface area (Å²) in [5.41, 5.74) is 1.80. The summed E-state index contributed by atoms with van der Waals surface area (Å²) in [4.78, 5) is 29.5. The molecule has 164 valence electrons. The first-order chi connectivity index (χ1) is 14.2. The summed E-state index contributed by atoms with van der Waals surface area (Å²) in [6, 6.07) is 4.43. The molecule has 1 N–H and O–H groups in total. The van der Waals surface area contributed by atoms with Gasteiger partial charge < -0.3 is 14.4 Å². The first-order valence-electron chi connectivity index (χ1n) is 9.81. The number of amides is 1. The number of benzene rings is 1. The summed E-state index contributed by atoms with van der Waals surface area (Å²) < 4.78 is 7.29. The van der Waals surface area contributed by atoms with Crippen molar-refractivity contribution in [1.29, 1.82) is 0 Å². The van der Waals surface area contributed by atoms with E-state index in [1.54, 1.807) is 25.5 Å². The zero-order valence-corrected chi connectivity index (χ0v) is 18.9. The van der Waals surface area contributed by atoms with Gasteiger partial charge in [0, 0.05) is 41.4 Å². The average molecular weight is 456 g/mol. The molecule has 1 aromatic carbocycles. The lowest BCUT2D eigenvalue weighted by Gasteiger charge is -2.28. The Balaban J connectivity index is 1.97. The number of likely N-dealkylation sites (N-methyl/N-ethyl adjacent to an activating group) is 1. The molecule has 0 radical (unpaired) electrons. The van der Waals surface area contributed by atoms with Gasteiger partial charge in [0.1, 0.15) is 6.04 Å². The van der Waals surface area contributed by atoms with Crippen LogP contribution in [0.15, 0.2) is 30.7 Å². The fourth-order valence-corrected chi connectivity index (χ4v) is 3.78. The number of carbonyl (C=O) groups is 2. The Morgan fingerprint density at radius 1 is 1.23 bits per heavy atom. The lowest BCUT2D eigenvalue weighted by atomic mass is 10.0. The molecule has 7 nitrogen and oxygen atoms in total. The number of carboxylic acids is 1. The summed E-state index contributed by atoms with van der Waals surface area (Å²) in [6.07, 6.45) is 3.58. The third-order valence-electron chi connectivity index (χ3n) is 4.59. The van der Waals surface area contributed by atoms with E-state index in [1.165, 1.54) is 4.90 Å². The van der Waals surface area contributed by atoms with Crippen LogP contribution < -0.4 is 0 Å². The molecular weight excluding hydrogens is 429 g/mol. The molecule has 0 saturated carbocycles. The first kappa shape index (κ1) is 24.0. The highest BCUT2D eigenvalue weighted by Crippen LogP contribution is 2.20. The van der Waals surface area contributed by atoms with Crippen molar-refractivity contribution < 1.29 is 19.4 Å². The number of ether oxygens (including phenoxy) is 1. The predicted molar refractivity (Wildman–Crippen MR) is 116 cm³/mol. The van der Waals surface area contributed by atoms with Crippen LogP contribution in [0.1, 0.15) is 38.4 Å². The minimum absolute atomic E-state index is 0.116. The number of carboxylic acid groups (broad SMARTS) is 1. The Hall–Kier alpha value is -2.25. The molecule has 2 rings (SSSR count). The number of halogens is 2. The molecule has 9 heteroatoms. The average Bonchev–Trinajstić information content (AvgIpc) is 3.07. The zero-order valence-electron chi connectivity index (χ0n) is 17.3. The number of hydrogen-bond donors (Lipinski definition) is 1. The number of carbonyl (C=O) groups excluding carboxylic acids is 1. The van der Waals surface area contributed by atoms with E-state index < -0.39 is 18.1 Å². The van der Waals surface area contributed by atoms with Gasteiger partial charge in [-0.1, -0.05) is 37.0 Å². The number of aromatic nitrogens is 2. The topological polar surface area (TPSA) is 84.7 Å². The van der Waals surface area contributed by atoms with E-state index in [0.717, 1.165) is 11.3 Å². The van der Waals surface area contributed by atoms with Crippen molar-refractivity contribution in [3.05, 3.63) is 52.0 Å². The maximum absolute atomic E-state index is 12.5. The summed E-state index contributed by atoms with van der Waals surface area (Å²) in [5, 5.41) is 10.6. The molecule has 0 spiro atoms. The summed E-state index contributed by atoms with van der Waals surface area (Å²) in [7, 11) is 0. The van der Waals surface area contributed by atoms with E-state index in [9.17, 15) is 14.7 Å². The van der Waals surface area contributed by atoms with Crippen LogP contribution in [-0.4, -0.2) is 50.8 Å². The van der Waals surface area contributed by atoms with Crippen molar-refractivity contribution in [2.45, 2.75) is 46.2 Å². The maximum atomic E-state index is 12.5. The Bertz CT molecular complexity index is 849. The van der Waals surface area contributed by atoms with E-state index in [2.05, 4.69) is 4.98 Å². The quantitative estimate of drug-likeness (QED) is 0.559. The second kappa shape index (κ2) is 11.2. The molecule has 1 atom stereocenters. The van der Waals surface area contributed by atoms with Crippen molar-refractivity contribution in [2.75, 3.05) is 13.2 Å². The van der Waals surface area contributed by atoms with Crippen molar-refractivity contribution in [3.8, 4) is 0 Å². The van der Waals surface area contributed by atoms with E-state index in [-0.39, 0.29) is 19.1 Å². The molecule has 0 fully saturated rings. The van der Waals surface area contributed by atoms with Crippen LogP contribution in [0.2, 0.25) is 10.0 Å². The number of aliphatic carboxylic acids is 1. The molecule has 2 aromatic rings. The van der Waals surface area contributed by atoms with E-state index in [1.807, 2.05) is 30.5 Å². The molecule has 0 saturated heterocycles. The van der Waals surface area contributed by atoms with Crippen LogP contribution in [0, 0.1) is 5.92 Å². The van der Waals surface area contributed by atoms with Gasteiger partial charge in [-0.15, -0.1) is 0 Å². The Labute approximate surface area is 186 Å². The van der Waals surface area contributed by atoms with E-state index in [0.29, 0.717) is 29.4 Å². The van der Waals surface area contributed by atoms with E-state index in [4.69, 9.17) is 27.9 Å². The Morgan fingerprint density at radius 3 is 2.47 bits per heavy atom. The van der Waals surface area contributed by atoms with Gasteiger partial charge >= 0.3 is 12.1 Å². The fourth-order valence-electron chi connectivity index (χ4n) is 3.21. The zero-order chi connectivity index (χ0) is 22.3. The maximum Gasteiger partial charge on any atom is 0.410 e. The fraction of sp³-hybridized carbons (Fsp3) is 0.476. The van der Waals surface area contributed by atoms with Gasteiger partial charge in [-0.25, -0.2) is 14.6 Å². The molecule has 1 amide bonds. The summed E-state index contributed by atoms with van der Waals surface area (Å²) in [5.74, 6) is -0.886. The third-order valence-corrected chi connectivity index (χ3v) is 5.03. The van der Waals surface area contributed by atoms with Crippen molar-refractivity contribution in [3.63, 3.8) is 0 Å². The molecule has 0 aliphatic heterocycles. The van der Waals surface area contributed by atoms with Crippen molar-refractivity contribution in [1.82, 2.24) is 14.5 Å². The van der Waals surface area contributed by atoms with Crippen LogP contribution in [-0.2, 0) is 22.5 Å². The number of imidazole rings is 1.